The van der Waals surface area contributed by atoms with Crippen molar-refractivity contribution in [3.05, 3.63) is 29.6 Å². The van der Waals surface area contributed by atoms with Gasteiger partial charge in [-0.2, -0.15) is 0 Å². The van der Waals surface area contributed by atoms with Crippen LogP contribution in [0.1, 0.15) is 37.7 Å². The van der Waals surface area contributed by atoms with Gasteiger partial charge in [-0.05, 0) is 37.8 Å². The van der Waals surface area contributed by atoms with E-state index in [0.29, 0.717) is 18.6 Å². The smallest absolute Gasteiger partial charge is 0.188 e. The molecule has 3 rings (SSSR count). The topological polar surface area (TPSA) is 55.8 Å². The molecule has 2 heterocycles. The van der Waals surface area contributed by atoms with Gasteiger partial charge in [0.2, 0.25) is 0 Å². The van der Waals surface area contributed by atoms with Crippen LogP contribution < -0.4 is 4.74 Å². The summed E-state index contributed by atoms with van der Waals surface area (Å²) in [6.07, 6.45) is 3.48. The minimum Gasteiger partial charge on any atom is -0.467 e. The van der Waals surface area contributed by atoms with Crippen LogP contribution >= 0.6 is 0 Å². The summed E-state index contributed by atoms with van der Waals surface area (Å²) < 4.78 is 36.7. The van der Waals surface area contributed by atoms with Gasteiger partial charge in [0.1, 0.15) is 11.6 Å². The molecule has 2 unspecified atom stereocenters. The Hall–Kier alpha value is -0.980. The lowest BCUT2D eigenvalue weighted by atomic mass is 9.80. The standard InChI is InChI=1S/C16H21FO4S/c1-20-10-21-11-5-6-14(15(17)7-11)16(18)8-12-3-2-4-13(9-16)22(12)19/h5-7,12-13,18H,2-4,8-10H2,1H3. The number of hydrogen-bond acceptors (Lipinski definition) is 4. The Morgan fingerprint density at radius 2 is 2.05 bits per heavy atom. The van der Waals surface area contributed by atoms with Gasteiger partial charge < -0.3 is 14.6 Å². The molecule has 4 nitrogen and oxygen atoms in total. The van der Waals surface area contributed by atoms with Gasteiger partial charge in [0, 0.05) is 40.0 Å². The van der Waals surface area contributed by atoms with Crippen molar-refractivity contribution in [3.63, 3.8) is 0 Å². The van der Waals surface area contributed by atoms with Crippen molar-refractivity contribution < 1.29 is 23.2 Å². The summed E-state index contributed by atoms with van der Waals surface area (Å²) in [5, 5.41) is 10.9. The van der Waals surface area contributed by atoms with E-state index in [1.54, 1.807) is 12.1 Å². The van der Waals surface area contributed by atoms with Crippen molar-refractivity contribution in [2.75, 3.05) is 13.9 Å². The van der Waals surface area contributed by atoms with Crippen LogP contribution in [0, 0.1) is 5.82 Å². The third kappa shape index (κ3) is 2.92. The first-order valence-electron chi connectivity index (χ1n) is 7.57. The Kier molecular flexibility index (Phi) is 4.52. The van der Waals surface area contributed by atoms with Gasteiger partial charge in [0.15, 0.2) is 6.79 Å². The molecule has 122 valence electrons. The number of hydrogen-bond donors (Lipinski definition) is 1. The van der Waals surface area contributed by atoms with Gasteiger partial charge in [-0.15, -0.1) is 0 Å². The fourth-order valence-electron chi connectivity index (χ4n) is 3.59. The zero-order valence-electron chi connectivity index (χ0n) is 12.6. The zero-order chi connectivity index (χ0) is 15.7. The molecule has 22 heavy (non-hydrogen) atoms. The van der Waals surface area contributed by atoms with E-state index < -0.39 is 22.2 Å². The monoisotopic (exact) mass is 328 g/mol. The van der Waals surface area contributed by atoms with Crippen LogP contribution in [0.25, 0.3) is 0 Å². The van der Waals surface area contributed by atoms with Crippen LogP contribution in [-0.4, -0.2) is 33.7 Å². The SMILES string of the molecule is COCOc1ccc(C2(O)CC3CCCC(C2)S3=O)c(F)c1. The molecule has 0 radical (unpaired) electrons. The zero-order valence-corrected chi connectivity index (χ0v) is 13.4. The van der Waals surface area contributed by atoms with Crippen LogP contribution in [0.3, 0.4) is 0 Å². The number of methoxy groups -OCH3 is 1. The normalized spacial score (nSPS) is 34.4. The van der Waals surface area contributed by atoms with E-state index in [1.807, 2.05) is 0 Å². The molecule has 0 aliphatic carbocycles. The summed E-state index contributed by atoms with van der Waals surface area (Å²) in [6.45, 7) is 0.0478. The molecule has 0 amide bonds. The molecule has 1 aromatic rings. The summed E-state index contributed by atoms with van der Waals surface area (Å²) in [7, 11) is 0.599. The predicted molar refractivity (Wildman–Crippen MR) is 81.6 cm³/mol. The van der Waals surface area contributed by atoms with E-state index in [9.17, 15) is 13.7 Å². The number of fused-ring (bicyclic) bond motifs is 2. The number of benzene rings is 1. The molecule has 2 atom stereocenters. The lowest BCUT2D eigenvalue weighted by Crippen LogP contribution is -2.47. The largest absolute Gasteiger partial charge is 0.467 e. The van der Waals surface area contributed by atoms with Crippen molar-refractivity contribution in [3.8, 4) is 5.75 Å². The van der Waals surface area contributed by atoms with Gasteiger partial charge in [-0.3, -0.25) is 4.21 Å². The van der Waals surface area contributed by atoms with Gasteiger partial charge in [-0.25, -0.2) is 4.39 Å². The lowest BCUT2D eigenvalue weighted by molar-refractivity contribution is 0.00314. The predicted octanol–water partition coefficient (Wildman–Crippen LogP) is 2.46. The maximum atomic E-state index is 14.4. The minimum atomic E-state index is -1.23. The molecule has 0 spiro atoms. The van der Waals surface area contributed by atoms with E-state index >= 15 is 0 Å². The van der Waals surface area contributed by atoms with E-state index in [4.69, 9.17) is 9.47 Å². The van der Waals surface area contributed by atoms with Crippen molar-refractivity contribution in [2.24, 2.45) is 0 Å². The molecule has 1 aromatic carbocycles. The number of ether oxygens (including phenoxy) is 2. The first-order valence-corrected chi connectivity index (χ1v) is 8.84. The van der Waals surface area contributed by atoms with Crippen molar-refractivity contribution in [2.45, 2.75) is 48.2 Å². The third-order valence-corrected chi connectivity index (χ3v) is 6.74. The number of aliphatic hydroxyl groups is 1. The Balaban J connectivity index is 1.85. The average Bonchev–Trinajstić information content (AvgIpc) is 2.47. The molecule has 2 fully saturated rings. The van der Waals surface area contributed by atoms with Crippen LogP contribution in [-0.2, 0) is 21.1 Å². The van der Waals surface area contributed by atoms with Crippen molar-refractivity contribution >= 4 is 10.8 Å². The van der Waals surface area contributed by atoms with E-state index in [1.165, 1.54) is 13.2 Å². The first-order chi connectivity index (χ1) is 10.5. The highest BCUT2D eigenvalue weighted by Crippen LogP contribution is 2.45. The highest BCUT2D eigenvalue weighted by Gasteiger charge is 2.47. The highest BCUT2D eigenvalue weighted by molar-refractivity contribution is 7.86. The lowest BCUT2D eigenvalue weighted by Gasteiger charge is -2.43. The summed E-state index contributed by atoms with van der Waals surface area (Å²) >= 11 is 0. The Bertz CT molecular complexity index is 561. The average molecular weight is 328 g/mol. The highest BCUT2D eigenvalue weighted by atomic mass is 32.2. The van der Waals surface area contributed by atoms with Gasteiger partial charge in [0.25, 0.3) is 0 Å². The molecule has 1 N–H and O–H groups in total. The second kappa shape index (κ2) is 6.26. The molecule has 2 bridgehead atoms. The van der Waals surface area contributed by atoms with Gasteiger partial charge >= 0.3 is 0 Å². The maximum absolute atomic E-state index is 14.4. The molecule has 6 heteroatoms. The fraction of sp³-hybridized carbons (Fsp3) is 0.625. The van der Waals surface area contributed by atoms with Crippen LogP contribution in [0.5, 0.6) is 5.75 Å². The molecule has 0 saturated carbocycles. The molecular formula is C16H21FO4S. The quantitative estimate of drug-likeness (QED) is 0.863. The molecule has 0 aromatic heterocycles. The summed E-state index contributed by atoms with van der Waals surface area (Å²) in [4.78, 5) is 0. The van der Waals surface area contributed by atoms with Crippen LogP contribution in [0.4, 0.5) is 4.39 Å². The summed E-state index contributed by atoms with van der Waals surface area (Å²) in [6, 6.07) is 4.48. The van der Waals surface area contributed by atoms with E-state index in [0.717, 1.165) is 19.3 Å². The van der Waals surface area contributed by atoms with Gasteiger partial charge in [-0.1, -0.05) is 6.42 Å². The van der Waals surface area contributed by atoms with Crippen LogP contribution in [0.15, 0.2) is 18.2 Å². The molecule has 2 aliphatic rings. The fourth-order valence-corrected chi connectivity index (χ4v) is 5.81. The van der Waals surface area contributed by atoms with Crippen molar-refractivity contribution in [1.82, 2.24) is 0 Å². The second-order valence-corrected chi connectivity index (χ2v) is 8.13. The maximum Gasteiger partial charge on any atom is 0.188 e. The van der Waals surface area contributed by atoms with E-state index in [-0.39, 0.29) is 22.9 Å². The first kappa shape index (κ1) is 15.9. The third-order valence-electron chi connectivity index (χ3n) is 4.63. The summed E-state index contributed by atoms with van der Waals surface area (Å²) in [5.41, 5.74) is -0.945. The van der Waals surface area contributed by atoms with Crippen LogP contribution in [0.2, 0.25) is 0 Å². The minimum absolute atomic E-state index is 0.0266. The number of rotatable bonds is 4. The molecule has 2 aliphatic heterocycles. The Morgan fingerprint density at radius 1 is 1.36 bits per heavy atom. The second-order valence-electron chi connectivity index (χ2n) is 6.14. The Morgan fingerprint density at radius 3 is 2.64 bits per heavy atom. The van der Waals surface area contributed by atoms with E-state index in [2.05, 4.69) is 0 Å². The Labute approximate surface area is 132 Å². The molecule has 2 saturated heterocycles. The van der Waals surface area contributed by atoms with Crippen molar-refractivity contribution in [1.29, 1.82) is 0 Å². The molecular weight excluding hydrogens is 307 g/mol. The van der Waals surface area contributed by atoms with Gasteiger partial charge in [0.05, 0.1) is 5.60 Å². The summed E-state index contributed by atoms with van der Waals surface area (Å²) in [5.74, 6) is -0.117. The number of halogens is 1.